The van der Waals surface area contributed by atoms with Crippen molar-refractivity contribution in [1.29, 1.82) is 0 Å². The van der Waals surface area contributed by atoms with E-state index < -0.39 is 0 Å². The summed E-state index contributed by atoms with van der Waals surface area (Å²) >= 11 is 0. The van der Waals surface area contributed by atoms with E-state index in [-0.39, 0.29) is 17.9 Å². The lowest BCUT2D eigenvalue weighted by molar-refractivity contribution is 0.0635. The normalized spacial score (nSPS) is 16.6. The number of likely N-dealkylation sites (tertiary alicyclic amines) is 1. The van der Waals surface area contributed by atoms with Crippen molar-refractivity contribution in [3.8, 4) is 0 Å². The van der Waals surface area contributed by atoms with Gasteiger partial charge in [-0.15, -0.1) is 0 Å². The Morgan fingerprint density at radius 3 is 2.61 bits per heavy atom. The van der Waals surface area contributed by atoms with Crippen molar-refractivity contribution in [2.75, 3.05) is 30.9 Å². The zero-order chi connectivity index (χ0) is 20.3. The highest BCUT2D eigenvalue weighted by atomic mass is 16.2. The number of anilines is 2. The van der Waals surface area contributed by atoms with E-state index in [1.165, 1.54) is 6.42 Å². The number of hydrogen-bond donors (Lipinski definition) is 1. The summed E-state index contributed by atoms with van der Waals surface area (Å²) in [7, 11) is 3.76. The van der Waals surface area contributed by atoms with E-state index in [4.69, 9.17) is 0 Å². The molecule has 6 nitrogen and oxygen atoms in total. The van der Waals surface area contributed by atoms with Crippen molar-refractivity contribution in [3.63, 3.8) is 0 Å². The number of rotatable bonds is 4. The van der Waals surface area contributed by atoms with Crippen LogP contribution in [0.15, 0.2) is 36.5 Å². The number of aryl methyl sites for hydroxylation is 1. The molecule has 1 unspecified atom stereocenters. The molecule has 0 bridgehead atoms. The zero-order valence-corrected chi connectivity index (χ0v) is 17.0. The maximum absolute atomic E-state index is 12.8. The minimum absolute atomic E-state index is 0.0675. The van der Waals surface area contributed by atoms with E-state index in [9.17, 15) is 9.59 Å². The molecule has 1 aromatic heterocycles. The Hall–Kier alpha value is -2.89. The molecule has 0 saturated carbocycles. The Morgan fingerprint density at radius 1 is 1.14 bits per heavy atom. The highest BCUT2D eigenvalue weighted by Crippen LogP contribution is 2.23. The third-order valence-electron chi connectivity index (χ3n) is 5.25. The van der Waals surface area contributed by atoms with E-state index >= 15 is 0 Å². The van der Waals surface area contributed by atoms with Crippen LogP contribution in [0.1, 0.15) is 52.5 Å². The van der Waals surface area contributed by atoms with Crippen LogP contribution in [0.3, 0.4) is 0 Å². The zero-order valence-electron chi connectivity index (χ0n) is 17.0. The highest BCUT2D eigenvalue weighted by Gasteiger charge is 2.24. The van der Waals surface area contributed by atoms with Crippen molar-refractivity contribution in [2.24, 2.45) is 0 Å². The molecule has 0 spiro atoms. The Bertz CT molecular complexity index is 879. The maximum atomic E-state index is 12.8. The van der Waals surface area contributed by atoms with Gasteiger partial charge >= 0.3 is 0 Å². The molecule has 1 N–H and O–H groups in total. The lowest BCUT2D eigenvalue weighted by atomic mass is 10.0. The molecule has 148 valence electrons. The number of hydrogen-bond acceptors (Lipinski definition) is 4. The van der Waals surface area contributed by atoms with Crippen LogP contribution in [0, 0.1) is 6.92 Å². The second-order valence-electron chi connectivity index (χ2n) is 7.62. The van der Waals surface area contributed by atoms with Gasteiger partial charge in [-0.2, -0.15) is 0 Å². The van der Waals surface area contributed by atoms with Gasteiger partial charge < -0.3 is 15.1 Å². The summed E-state index contributed by atoms with van der Waals surface area (Å²) in [6.45, 7) is 4.83. The second kappa shape index (κ2) is 8.42. The summed E-state index contributed by atoms with van der Waals surface area (Å²) in [4.78, 5) is 33.5. The average molecular weight is 380 g/mol. The second-order valence-corrected chi connectivity index (χ2v) is 7.62. The van der Waals surface area contributed by atoms with Crippen molar-refractivity contribution >= 4 is 23.3 Å². The van der Waals surface area contributed by atoms with Gasteiger partial charge in [-0.25, -0.2) is 4.98 Å². The molecule has 1 aliphatic rings. The van der Waals surface area contributed by atoms with Gasteiger partial charge in [0.2, 0.25) is 0 Å². The summed E-state index contributed by atoms with van der Waals surface area (Å²) in [5, 5.41) is 2.94. The monoisotopic (exact) mass is 380 g/mol. The lowest BCUT2D eigenvalue weighted by Gasteiger charge is -2.33. The molecule has 0 aliphatic carbocycles. The number of benzene rings is 1. The van der Waals surface area contributed by atoms with Crippen molar-refractivity contribution in [3.05, 3.63) is 53.2 Å². The van der Waals surface area contributed by atoms with Crippen LogP contribution in [-0.2, 0) is 0 Å². The summed E-state index contributed by atoms with van der Waals surface area (Å²) < 4.78 is 0. The fraction of sp³-hybridized carbons (Fsp3) is 0.409. The smallest absolute Gasteiger partial charge is 0.255 e. The number of amides is 2. The summed E-state index contributed by atoms with van der Waals surface area (Å²) in [5.74, 6) is 0.594. The molecule has 2 aromatic rings. The van der Waals surface area contributed by atoms with Crippen molar-refractivity contribution in [1.82, 2.24) is 9.88 Å². The molecule has 3 rings (SSSR count). The van der Waals surface area contributed by atoms with Gasteiger partial charge in [-0.3, -0.25) is 9.59 Å². The topological polar surface area (TPSA) is 65.5 Å². The molecule has 1 aliphatic heterocycles. The first-order valence-electron chi connectivity index (χ1n) is 9.73. The standard InChI is InChI=1S/C22H28N4O2/c1-15-13-18(22(28)26-12-6-5-7-16(26)2)8-9-19(15)24-21(27)17-10-11-23-20(14-17)25(3)4/h8-11,13-14,16H,5-7,12H2,1-4H3,(H,24,27). The fourth-order valence-corrected chi connectivity index (χ4v) is 3.50. The van der Waals surface area contributed by atoms with E-state index in [1.807, 2.05) is 43.0 Å². The Labute approximate surface area is 166 Å². The van der Waals surface area contributed by atoms with Gasteiger partial charge in [0.1, 0.15) is 5.82 Å². The molecule has 28 heavy (non-hydrogen) atoms. The number of pyridine rings is 1. The number of nitrogens with one attached hydrogen (secondary N) is 1. The molecule has 1 aromatic carbocycles. The molecule has 1 saturated heterocycles. The first kappa shape index (κ1) is 19.9. The highest BCUT2D eigenvalue weighted by molar-refractivity contribution is 6.05. The van der Waals surface area contributed by atoms with E-state index in [0.29, 0.717) is 16.8 Å². The van der Waals surface area contributed by atoms with E-state index in [1.54, 1.807) is 24.4 Å². The van der Waals surface area contributed by atoms with Gasteiger partial charge in [0.25, 0.3) is 11.8 Å². The predicted molar refractivity (Wildman–Crippen MR) is 112 cm³/mol. The number of carbonyl (C=O) groups excluding carboxylic acids is 2. The molecule has 0 radical (unpaired) electrons. The average Bonchev–Trinajstić information content (AvgIpc) is 2.69. The SMILES string of the molecule is Cc1cc(C(=O)N2CCCCC2C)ccc1NC(=O)c1ccnc(N(C)C)c1. The minimum atomic E-state index is -0.197. The molecular weight excluding hydrogens is 352 g/mol. The largest absolute Gasteiger partial charge is 0.363 e. The molecular formula is C22H28N4O2. The van der Waals surface area contributed by atoms with E-state index in [0.717, 1.165) is 30.8 Å². The van der Waals surface area contributed by atoms with Crippen LogP contribution < -0.4 is 10.2 Å². The maximum Gasteiger partial charge on any atom is 0.255 e. The first-order valence-corrected chi connectivity index (χ1v) is 9.73. The van der Waals surface area contributed by atoms with Crippen LogP contribution in [0.25, 0.3) is 0 Å². The molecule has 1 atom stereocenters. The van der Waals surface area contributed by atoms with Gasteiger partial charge in [0.05, 0.1) is 0 Å². The lowest BCUT2D eigenvalue weighted by Crippen LogP contribution is -2.42. The number of aromatic nitrogens is 1. The third-order valence-corrected chi connectivity index (χ3v) is 5.25. The first-order chi connectivity index (χ1) is 13.4. The van der Waals surface area contributed by atoms with Gasteiger partial charge in [-0.05, 0) is 69.0 Å². The van der Waals surface area contributed by atoms with Crippen LogP contribution in [0.5, 0.6) is 0 Å². The van der Waals surface area contributed by atoms with Gasteiger partial charge in [0, 0.05) is 49.7 Å². The summed E-state index contributed by atoms with van der Waals surface area (Å²) in [6.07, 6.45) is 4.92. The third kappa shape index (κ3) is 4.32. The fourth-order valence-electron chi connectivity index (χ4n) is 3.50. The van der Waals surface area contributed by atoms with Crippen LogP contribution in [0.2, 0.25) is 0 Å². The van der Waals surface area contributed by atoms with Crippen LogP contribution in [0.4, 0.5) is 11.5 Å². The van der Waals surface area contributed by atoms with Crippen molar-refractivity contribution < 1.29 is 9.59 Å². The summed E-state index contributed by atoms with van der Waals surface area (Å²) in [5.41, 5.74) is 2.78. The number of piperidine rings is 1. The predicted octanol–water partition coefficient (Wildman–Crippen LogP) is 3.72. The van der Waals surface area contributed by atoms with Crippen LogP contribution in [-0.4, -0.2) is 48.4 Å². The quantitative estimate of drug-likeness (QED) is 0.878. The van der Waals surface area contributed by atoms with Crippen molar-refractivity contribution in [2.45, 2.75) is 39.2 Å². The van der Waals surface area contributed by atoms with Gasteiger partial charge in [0.15, 0.2) is 0 Å². The van der Waals surface area contributed by atoms with Crippen LogP contribution >= 0.6 is 0 Å². The Kier molecular flexibility index (Phi) is 5.97. The molecule has 1 fully saturated rings. The Balaban J connectivity index is 1.74. The summed E-state index contributed by atoms with van der Waals surface area (Å²) in [6, 6.07) is 9.18. The Morgan fingerprint density at radius 2 is 1.93 bits per heavy atom. The molecule has 2 heterocycles. The molecule has 2 amide bonds. The number of carbonyl (C=O) groups is 2. The van der Waals surface area contributed by atoms with E-state index in [2.05, 4.69) is 17.2 Å². The number of nitrogens with zero attached hydrogens (tertiary/aromatic N) is 3. The molecule has 6 heteroatoms. The van der Waals surface area contributed by atoms with Gasteiger partial charge in [-0.1, -0.05) is 0 Å². The minimum Gasteiger partial charge on any atom is -0.363 e.